The van der Waals surface area contributed by atoms with E-state index in [9.17, 15) is 5.11 Å². The molecule has 1 atom stereocenters. The lowest BCUT2D eigenvalue weighted by molar-refractivity contribution is 0.282. The van der Waals surface area contributed by atoms with Gasteiger partial charge in [-0.2, -0.15) is 0 Å². The Hall–Kier alpha value is -0.540. The van der Waals surface area contributed by atoms with E-state index >= 15 is 0 Å². The molecule has 0 bridgehead atoms. The van der Waals surface area contributed by atoms with Gasteiger partial charge < -0.3 is 10.0 Å². The third kappa shape index (κ3) is 3.96. The van der Waals surface area contributed by atoms with Crippen LogP contribution in [0.4, 0.5) is 5.69 Å². The standard InChI is InChI=1S/C16H24BrNO/c1-2-4-13-5-3-9-18(10-8-13)16-7-6-15(17)11-14(16)12-19/h6-7,11,13,19H,2-5,8-10,12H2,1H3. The second kappa shape index (κ2) is 7.30. The van der Waals surface area contributed by atoms with Crippen molar-refractivity contribution in [2.45, 2.75) is 45.6 Å². The summed E-state index contributed by atoms with van der Waals surface area (Å²) < 4.78 is 1.04. The first-order valence-electron chi connectivity index (χ1n) is 7.38. The lowest BCUT2D eigenvalue weighted by atomic mass is 9.96. The van der Waals surface area contributed by atoms with E-state index in [1.165, 1.54) is 37.8 Å². The van der Waals surface area contributed by atoms with Crippen molar-refractivity contribution in [1.82, 2.24) is 0 Å². The fourth-order valence-corrected chi connectivity index (χ4v) is 3.50. The first-order chi connectivity index (χ1) is 9.24. The molecular weight excluding hydrogens is 302 g/mol. The van der Waals surface area contributed by atoms with Crippen LogP contribution < -0.4 is 4.90 Å². The van der Waals surface area contributed by atoms with Gasteiger partial charge in [0.25, 0.3) is 0 Å². The zero-order valence-electron chi connectivity index (χ0n) is 11.7. The highest BCUT2D eigenvalue weighted by atomic mass is 79.9. The van der Waals surface area contributed by atoms with Crippen molar-refractivity contribution in [1.29, 1.82) is 0 Å². The fraction of sp³-hybridized carbons (Fsp3) is 0.625. The summed E-state index contributed by atoms with van der Waals surface area (Å²) in [5.41, 5.74) is 2.24. The van der Waals surface area contributed by atoms with Crippen molar-refractivity contribution in [2.24, 2.45) is 5.92 Å². The molecule has 1 aliphatic heterocycles. The number of rotatable bonds is 4. The van der Waals surface area contributed by atoms with Gasteiger partial charge in [-0.3, -0.25) is 0 Å². The molecule has 0 radical (unpaired) electrons. The molecule has 0 spiro atoms. The first kappa shape index (κ1) is 14.9. The summed E-state index contributed by atoms with van der Waals surface area (Å²) in [5, 5.41) is 9.53. The number of hydrogen-bond donors (Lipinski definition) is 1. The van der Waals surface area contributed by atoms with Crippen molar-refractivity contribution in [3.8, 4) is 0 Å². The van der Waals surface area contributed by atoms with Gasteiger partial charge in [-0.15, -0.1) is 0 Å². The highest BCUT2D eigenvalue weighted by Crippen LogP contribution is 2.29. The van der Waals surface area contributed by atoms with Gasteiger partial charge in [-0.05, 0) is 43.4 Å². The fourth-order valence-electron chi connectivity index (χ4n) is 3.09. The number of halogens is 1. The van der Waals surface area contributed by atoms with Gasteiger partial charge in [0.05, 0.1) is 6.61 Å². The van der Waals surface area contributed by atoms with Crippen molar-refractivity contribution >= 4 is 21.6 Å². The molecule has 1 heterocycles. The first-order valence-corrected chi connectivity index (χ1v) is 8.18. The minimum Gasteiger partial charge on any atom is -0.392 e. The summed E-state index contributed by atoms with van der Waals surface area (Å²) in [7, 11) is 0. The number of hydrogen-bond acceptors (Lipinski definition) is 2. The SMILES string of the molecule is CCCC1CCCN(c2ccc(Br)cc2CO)CC1. The summed E-state index contributed by atoms with van der Waals surface area (Å²) in [6.45, 7) is 4.64. The molecule has 2 nitrogen and oxygen atoms in total. The van der Waals surface area contributed by atoms with Gasteiger partial charge in [-0.1, -0.05) is 35.7 Å². The van der Waals surface area contributed by atoms with Crippen molar-refractivity contribution in [3.63, 3.8) is 0 Å². The minimum atomic E-state index is 0.115. The van der Waals surface area contributed by atoms with E-state index in [4.69, 9.17) is 0 Å². The number of aliphatic hydroxyl groups is 1. The van der Waals surface area contributed by atoms with Crippen LogP contribution >= 0.6 is 15.9 Å². The van der Waals surface area contributed by atoms with Gasteiger partial charge >= 0.3 is 0 Å². The summed E-state index contributed by atoms with van der Waals surface area (Å²) in [6, 6.07) is 6.24. The van der Waals surface area contributed by atoms with Crippen LogP contribution in [0.5, 0.6) is 0 Å². The number of benzene rings is 1. The highest BCUT2D eigenvalue weighted by molar-refractivity contribution is 9.10. The van der Waals surface area contributed by atoms with E-state index in [0.29, 0.717) is 0 Å². The third-order valence-corrected chi connectivity index (χ3v) is 4.59. The Morgan fingerprint density at radius 2 is 2.16 bits per heavy atom. The maximum atomic E-state index is 9.53. The zero-order valence-corrected chi connectivity index (χ0v) is 13.3. The van der Waals surface area contributed by atoms with Crippen LogP contribution in [0, 0.1) is 5.92 Å². The lowest BCUT2D eigenvalue weighted by Crippen LogP contribution is -2.25. The van der Waals surface area contributed by atoms with Crippen LogP contribution in [-0.2, 0) is 6.61 Å². The largest absolute Gasteiger partial charge is 0.392 e. The van der Waals surface area contributed by atoms with Crippen LogP contribution in [0.25, 0.3) is 0 Å². The van der Waals surface area contributed by atoms with E-state index in [1.54, 1.807) is 0 Å². The average Bonchev–Trinajstić information content (AvgIpc) is 2.65. The quantitative estimate of drug-likeness (QED) is 0.889. The van der Waals surface area contributed by atoms with Gasteiger partial charge in [0.2, 0.25) is 0 Å². The molecular formula is C16H24BrNO. The zero-order chi connectivity index (χ0) is 13.7. The van der Waals surface area contributed by atoms with Gasteiger partial charge in [-0.25, -0.2) is 0 Å². The molecule has 1 aliphatic rings. The molecule has 1 N–H and O–H groups in total. The molecule has 2 rings (SSSR count). The van der Waals surface area contributed by atoms with Gasteiger partial charge in [0, 0.05) is 28.8 Å². The maximum absolute atomic E-state index is 9.53. The van der Waals surface area contributed by atoms with Crippen LogP contribution in [0.15, 0.2) is 22.7 Å². The molecule has 1 aromatic carbocycles. The van der Waals surface area contributed by atoms with Crippen LogP contribution in [-0.4, -0.2) is 18.2 Å². The molecule has 106 valence electrons. The smallest absolute Gasteiger partial charge is 0.0702 e. The van der Waals surface area contributed by atoms with Crippen molar-refractivity contribution in [2.75, 3.05) is 18.0 Å². The molecule has 1 unspecified atom stereocenters. The minimum absolute atomic E-state index is 0.115. The molecule has 19 heavy (non-hydrogen) atoms. The Morgan fingerprint density at radius 1 is 1.32 bits per heavy atom. The number of aliphatic hydroxyl groups excluding tert-OH is 1. The maximum Gasteiger partial charge on any atom is 0.0702 e. The summed E-state index contributed by atoms with van der Waals surface area (Å²) in [6.07, 6.45) is 6.57. The predicted molar refractivity (Wildman–Crippen MR) is 84.5 cm³/mol. The van der Waals surface area contributed by atoms with Crippen LogP contribution in [0.3, 0.4) is 0 Å². The molecule has 3 heteroatoms. The Balaban J connectivity index is 2.09. The summed E-state index contributed by atoms with van der Waals surface area (Å²) in [5.74, 6) is 0.892. The van der Waals surface area contributed by atoms with Crippen molar-refractivity contribution < 1.29 is 5.11 Å². The summed E-state index contributed by atoms with van der Waals surface area (Å²) in [4.78, 5) is 2.45. The molecule has 0 amide bonds. The topological polar surface area (TPSA) is 23.5 Å². The van der Waals surface area contributed by atoms with Crippen LogP contribution in [0.1, 0.15) is 44.6 Å². The molecule has 1 saturated heterocycles. The lowest BCUT2D eigenvalue weighted by Gasteiger charge is -2.25. The van der Waals surface area contributed by atoms with E-state index < -0.39 is 0 Å². The monoisotopic (exact) mass is 325 g/mol. The number of anilines is 1. The van der Waals surface area contributed by atoms with Crippen molar-refractivity contribution in [3.05, 3.63) is 28.2 Å². The normalized spacial score (nSPS) is 20.4. The Labute approximate surface area is 124 Å². The Morgan fingerprint density at radius 3 is 2.89 bits per heavy atom. The second-order valence-corrected chi connectivity index (χ2v) is 6.42. The second-order valence-electron chi connectivity index (χ2n) is 5.50. The average molecular weight is 326 g/mol. The number of nitrogens with zero attached hydrogens (tertiary/aromatic N) is 1. The van der Waals surface area contributed by atoms with Gasteiger partial charge in [0.1, 0.15) is 0 Å². The van der Waals surface area contributed by atoms with E-state index in [-0.39, 0.29) is 6.61 Å². The molecule has 1 aromatic rings. The Bertz CT molecular complexity index is 408. The van der Waals surface area contributed by atoms with E-state index in [0.717, 1.165) is 29.0 Å². The summed E-state index contributed by atoms with van der Waals surface area (Å²) >= 11 is 3.48. The molecule has 0 aliphatic carbocycles. The highest BCUT2D eigenvalue weighted by Gasteiger charge is 2.18. The predicted octanol–water partition coefficient (Wildman–Crippen LogP) is 4.35. The van der Waals surface area contributed by atoms with Crippen LogP contribution in [0.2, 0.25) is 0 Å². The Kier molecular flexibility index (Phi) is 5.71. The van der Waals surface area contributed by atoms with E-state index in [2.05, 4.69) is 39.9 Å². The third-order valence-electron chi connectivity index (χ3n) is 4.10. The molecule has 1 fully saturated rings. The molecule has 0 saturated carbocycles. The van der Waals surface area contributed by atoms with Gasteiger partial charge in [0.15, 0.2) is 0 Å². The van der Waals surface area contributed by atoms with E-state index in [1.807, 2.05) is 6.07 Å². The molecule has 0 aromatic heterocycles.